The van der Waals surface area contributed by atoms with Crippen molar-refractivity contribution in [2.75, 3.05) is 18.4 Å². The van der Waals surface area contributed by atoms with E-state index in [4.69, 9.17) is 5.73 Å². The van der Waals surface area contributed by atoms with Crippen LogP contribution in [0.4, 0.5) is 10.5 Å². The minimum atomic E-state index is 0.00273. The molecule has 4 heteroatoms. The normalized spacial score (nSPS) is 17.2. The number of rotatable bonds is 4. The lowest BCUT2D eigenvalue weighted by Gasteiger charge is -2.26. The van der Waals surface area contributed by atoms with Gasteiger partial charge in [-0.05, 0) is 42.4 Å². The summed E-state index contributed by atoms with van der Waals surface area (Å²) in [6.45, 7) is 6.64. The van der Waals surface area contributed by atoms with Crippen LogP contribution < -0.4 is 11.1 Å². The van der Waals surface area contributed by atoms with Crippen molar-refractivity contribution in [1.29, 1.82) is 0 Å². The first-order valence-corrected chi connectivity index (χ1v) is 7.47. The van der Waals surface area contributed by atoms with E-state index >= 15 is 0 Å². The van der Waals surface area contributed by atoms with E-state index in [0.717, 1.165) is 43.6 Å². The Morgan fingerprint density at radius 3 is 2.75 bits per heavy atom. The van der Waals surface area contributed by atoms with E-state index < -0.39 is 0 Å². The summed E-state index contributed by atoms with van der Waals surface area (Å²) in [5.41, 5.74) is 7.79. The molecule has 0 spiro atoms. The highest BCUT2D eigenvalue weighted by Crippen LogP contribution is 2.37. The minimum Gasteiger partial charge on any atom is -0.326 e. The first kappa shape index (κ1) is 14.9. The molecule has 20 heavy (non-hydrogen) atoms. The van der Waals surface area contributed by atoms with Gasteiger partial charge in [-0.2, -0.15) is 0 Å². The number of carbonyl (C=O) groups excluding carboxylic acids is 1. The van der Waals surface area contributed by atoms with Crippen LogP contribution in [0, 0.1) is 5.41 Å². The molecule has 0 saturated carbocycles. The lowest BCUT2D eigenvalue weighted by molar-refractivity contribution is 0.209. The fraction of sp³-hybridized carbons (Fsp3) is 0.562. The first-order chi connectivity index (χ1) is 9.62. The number of carbonyl (C=O) groups is 1. The molecular formula is C16H25N3O. The van der Waals surface area contributed by atoms with Gasteiger partial charge in [-0.25, -0.2) is 4.79 Å². The molecule has 0 unspecified atom stereocenters. The molecule has 4 nitrogen and oxygen atoms in total. The summed E-state index contributed by atoms with van der Waals surface area (Å²) >= 11 is 0. The van der Waals surface area contributed by atoms with E-state index in [0.29, 0.717) is 12.0 Å². The zero-order chi connectivity index (χ0) is 14.6. The van der Waals surface area contributed by atoms with Crippen molar-refractivity contribution in [3.05, 3.63) is 29.8 Å². The summed E-state index contributed by atoms with van der Waals surface area (Å²) in [7, 11) is 0. The van der Waals surface area contributed by atoms with Crippen LogP contribution in [0.3, 0.4) is 0 Å². The highest BCUT2D eigenvalue weighted by Gasteiger charge is 2.36. The highest BCUT2D eigenvalue weighted by molar-refractivity contribution is 5.89. The van der Waals surface area contributed by atoms with Crippen LogP contribution in [0.2, 0.25) is 0 Å². The summed E-state index contributed by atoms with van der Waals surface area (Å²) in [5.74, 6) is 0. The van der Waals surface area contributed by atoms with Gasteiger partial charge in [0.25, 0.3) is 0 Å². The Hall–Kier alpha value is -1.55. The smallest absolute Gasteiger partial charge is 0.321 e. The Bertz CT molecular complexity index is 469. The fourth-order valence-corrected chi connectivity index (χ4v) is 2.91. The molecule has 1 aromatic rings. The number of likely N-dealkylation sites (tertiary alicyclic amines) is 1. The lowest BCUT2D eigenvalue weighted by Crippen LogP contribution is -2.35. The average Bonchev–Trinajstić information content (AvgIpc) is 2.93. The molecule has 1 aliphatic heterocycles. The summed E-state index contributed by atoms with van der Waals surface area (Å²) < 4.78 is 0. The predicted octanol–water partition coefficient (Wildman–Crippen LogP) is 3.19. The average molecular weight is 275 g/mol. The lowest BCUT2D eigenvalue weighted by atomic mass is 9.82. The fourth-order valence-electron chi connectivity index (χ4n) is 2.91. The van der Waals surface area contributed by atoms with E-state index in [1.165, 1.54) is 0 Å². The molecule has 0 bridgehead atoms. The number of nitrogens with zero attached hydrogens (tertiary/aromatic N) is 1. The van der Waals surface area contributed by atoms with Crippen LogP contribution >= 0.6 is 0 Å². The third-order valence-corrected chi connectivity index (χ3v) is 4.64. The van der Waals surface area contributed by atoms with Crippen LogP contribution in [0.15, 0.2) is 24.3 Å². The molecular weight excluding hydrogens is 250 g/mol. The van der Waals surface area contributed by atoms with E-state index in [1.54, 1.807) is 0 Å². The van der Waals surface area contributed by atoms with E-state index in [-0.39, 0.29) is 6.03 Å². The van der Waals surface area contributed by atoms with E-state index in [2.05, 4.69) is 19.2 Å². The van der Waals surface area contributed by atoms with Crippen LogP contribution in [0.1, 0.15) is 38.7 Å². The highest BCUT2D eigenvalue weighted by atomic mass is 16.2. The van der Waals surface area contributed by atoms with Crippen molar-refractivity contribution in [1.82, 2.24) is 4.90 Å². The van der Waals surface area contributed by atoms with Crippen molar-refractivity contribution < 1.29 is 4.79 Å². The Kier molecular flexibility index (Phi) is 4.65. The standard InChI is InChI=1S/C16H25N3O/c1-3-16(4-2)8-9-19(12-16)15(20)18-14-7-5-6-13(10-14)11-17/h5-7,10H,3-4,8-9,11-12,17H2,1-2H3,(H,18,20). The monoisotopic (exact) mass is 275 g/mol. The third kappa shape index (κ3) is 3.12. The Balaban J connectivity index is 1.99. The van der Waals surface area contributed by atoms with E-state index in [9.17, 15) is 4.79 Å². The van der Waals surface area contributed by atoms with Gasteiger partial charge in [0.1, 0.15) is 0 Å². The summed E-state index contributed by atoms with van der Waals surface area (Å²) in [5, 5.41) is 2.98. The predicted molar refractivity (Wildman–Crippen MR) is 82.6 cm³/mol. The van der Waals surface area contributed by atoms with Gasteiger partial charge >= 0.3 is 6.03 Å². The van der Waals surface area contributed by atoms with Crippen molar-refractivity contribution >= 4 is 11.7 Å². The zero-order valence-electron chi connectivity index (χ0n) is 12.5. The number of benzene rings is 1. The van der Waals surface area contributed by atoms with Gasteiger partial charge in [0.15, 0.2) is 0 Å². The maximum Gasteiger partial charge on any atom is 0.321 e. The number of nitrogens with two attached hydrogens (primary N) is 1. The quantitative estimate of drug-likeness (QED) is 0.886. The second-order valence-electron chi connectivity index (χ2n) is 5.71. The maximum atomic E-state index is 12.3. The van der Waals surface area contributed by atoms with Gasteiger partial charge in [-0.3, -0.25) is 0 Å². The molecule has 1 heterocycles. The second kappa shape index (κ2) is 6.27. The molecule has 1 saturated heterocycles. The Labute approximate surface area is 121 Å². The van der Waals surface area contributed by atoms with Crippen LogP contribution in [-0.4, -0.2) is 24.0 Å². The number of nitrogens with one attached hydrogen (secondary N) is 1. The topological polar surface area (TPSA) is 58.4 Å². The molecule has 2 rings (SSSR count). The summed E-state index contributed by atoms with van der Waals surface area (Å²) in [4.78, 5) is 14.3. The number of amides is 2. The molecule has 0 atom stereocenters. The van der Waals surface area contributed by atoms with Gasteiger partial charge in [0.05, 0.1) is 0 Å². The molecule has 1 fully saturated rings. The molecule has 2 amide bonds. The van der Waals surface area contributed by atoms with Gasteiger partial charge in [0, 0.05) is 25.3 Å². The van der Waals surface area contributed by atoms with Crippen molar-refractivity contribution in [2.45, 2.75) is 39.7 Å². The second-order valence-corrected chi connectivity index (χ2v) is 5.71. The Morgan fingerprint density at radius 2 is 2.15 bits per heavy atom. The zero-order valence-corrected chi connectivity index (χ0v) is 12.5. The van der Waals surface area contributed by atoms with Crippen molar-refractivity contribution in [3.63, 3.8) is 0 Å². The molecule has 0 aliphatic carbocycles. The van der Waals surface area contributed by atoms with Crippen LogP contribution in [0.25, 0.3) is 0 Å². The van der Waals surface area contributed by atoms with Crippen molar-refractivity contribution in [3.8, 4) is 0 Å². The largest absolute Gasteiger partial charge is 0.326 e. The number of anilines is 1. The summed E-state index contributed by atoms with van der Waals surface area (Å²) in [6, 6.07) is 7.72. The number of hydrogen-bond donors (Lipinski definition) is 2. The van der Waals surface area contributed by atoms with Gasteiger partial charge in [-0.1, -0.05) is 26.0 Å². The van der Waals surface area contributed by atoms with Gasteiger partial charge in [-0.15, -0.1) is 0 Å². The molecule has 1 aliphatic rings. The first-order valence-electron chi connectivity index (χ1n) is 7.47. The molecule has 110 valence electrons. The van der Waals surface area contributed by atoms with E-state index in [1.807, 2.05) is 29.2 Å². The number of urea groups is 1. The van der Waals surface area contributed by atoms with Gasteiger partial charge in [0.2, 0.25) is 0 Å². The Morgan fingerprint density at radius 1 is 1.40 bits per heavy atom. The molecule has 3 N–H and O–H groups in total. The summed E-state index contributed by atoms with van der Waals surface area (Å²) in [6.07, 6.45) is 3.38. The van der Waals surface area contributed by atoms with Crippen LogP contribution in [0.5, 0.6) is 0 Å². The third-order valence-electron chi connectivity index (χ3n) is 4.64. The maximum absolute atomic E-state index is 12.3. The number of hydrogen-bond acceptors (Lipinski definition) is 2. The molecule has 1 aromatic carbocycles. The minimum absolute atomic E-state index is 0.00273. The molecule has 0 aromatic heterocycles. The molecule has 0 radical (unpaired) electrons. The van der Waals surface area contributed by atoms with Crippen molar-refractivity contribution in [2.24, 2.45) is 11.1 Å². The SMILES string of the molecule is CCC1(CC)CCN(C(=O)Nc2cccc(CN)c2)C1. The van der Waals surface area contributed by atoms with Gasteiger partial charge < -0.3 is 16.0 Å². The van der Waals surface area contributed by atoms with Crippen LogP contribution in [-0.2, 0) is 6.54 Å².